The molecule has 0 amide bonds. The minimum Gasteiger partial charge on any atom is -0.393 e. The predicted octanol–water partition coefficient (Wildman–Crippen LogP) is 3.15. The Kier molecular flexibility index (Phi) is 5.46. The van der Waals surface area contributed by atoms with Crippen molar-refractivity contribution >= 4 is 0 Å². The maximum Gasteiger partial charge on any atom is 0.0580 e. The van der Waals surface area contributed by atoms with Crippen molar-refractivity contribution in [2.24, 2.45) is 17.3 Å². The van der Waals surface area contributed by atoms with Crippen LogP contribution in [0.25, 0.3) is 0 Å². The van der Waals surface area contributed by atoms with E-state index in [0.29, 0.717) is 11.3 Å². The second kappa shape index (κ2) is 6.19. The molecule has 102 valence electrons. The summed E-state index contributed by atoms with van der Waals surface area (Å²) in [7, 11) is 2.18. The lowest BCUT2D eigenvalue weighted by Crippen LogP contribution is -2.40. The van der Waals surface area contributed by atoms with Gasteiger partial charge in [-0.1, -0.05) is 27.7 Å². The lowest BCUT2D eigenvalue weighted by molar-refractivity contribution is 0.00653. The first kappa shape index (κ1) is 15.0. The first-order valence-corrected chi connectivity index (χ1v) is 7.21. The molecule has 0 heterocycles. The number of aliphatic hydroxyl groups is 1. The van der Waals surface area contributed by atoms with Crippen LogP contribution in [0.3, 0.4) is 0 Å². The third-order valence-corrected chi connectivity index (χ3v) is 4.32. The quantitative estimate of drug-likeness (QED) is 0.817. The van der Waals surface area contributed by atoms with E-state index in [9.17, 15) is 5.11 Å². The Morgan fingerprint density at radius 1 is 1.24 bits per heavy atom. The molecule has 1 fully saturated rings. The van der Waals surface area contributed by atoms with Crippen LogP contribution in [-0.4, -0.2) is 36.2 Å². The van der Waals surface area contributed by atoms with Gasteiger partial charge in [0.1, 0.15) is 0 Å². The normalized spacial score (nSPS) is 30.9. The molecule has 2 heteroatoms. The summed E-state index contributed by atoms with van der Waals surface area (Å²) in [6.45, 7) is 11.4. The molecule has 0 saturated heterocycles. The monoisotopic (exact) mass is 241 g/mol. The van der Waals surface area contributed by atoms with Crippen LogP contribution in [-0.2, 0) is 0 Å². The highest BCUT2D eigenvalue weighted by Gasteiger charge is 2.35. The highest BCUT2D eigenvalue weighted by atomic mass is 16.3. The van der Waals surface area contributed by atoms with Crippen molar-refractivity contribution in [3.05, 3.63) is 0 Å². The van der Waals surface area contributed by atoms with E-state index in [0.717, 1.165) is 25.4 Å². The average molecular weight is 241 g/mol. The molecule has 1 aliphatic rings. The van der Waals surface area contributed by atoms with Crippen molar-refractivity contribution in [1.82, 2.24) is 4.90 Å². The number of hydrogen-bond donors (Lipinski definition) is 1. The summed E-state index contributed by atoms with van der Waals surface area (Å²) >= 11 is 0. The van der Waals surface area contributed by atoms with E-state index in [4.69, 9.17) is 0 Å². The Morgan fingerprint density at radius 3 is 2.41 bits per heavy atom. The van der Waals surface area contributed by atoms with Crippen molar-refractivity contribution < 1.29 is 5.11 Å². The smallest absolute Gasteiger partial charge is 0.0580 e. The minimum atomic E-state index is -0.0760. The molecule has 1 saturated carbocycles. The van der Waals surface area contributed by atoms with Gasteiger partial charge in [0.2, 0.25) is 0 Å². The van der Waals surface area contributed by atoms with Crippen molar-refractivity contribution in [2.45, 2.75) is 59.5 Å². The zero-order chi connectivity index (χ0) is 13.1. The van der Waals surface area contributed by atoms with Gasteiger partial charge in [-0.3, -0.25) is 0 Å². The summed E-state index contributed by atoms with van der Waals surface area (Å²) in [4.78, 5) is 2.37. The van der Waals surface area contributed by atoms with E-state index >= 15 is 0 Å². The fraction of sp³-hybridized carbons (Fsp3) is 1.00. The molecule has 1 rings (SSSR count). The van der Waals surface area contributed by atoms with Gasteiger partial charge >= 0.3 is 0 Å². The molecule has 3 unspecified atom stereocenters. The Labute approximate surface area is 107 Å². The lowest BCUT2D eigenvalue weighted by atomic mass is 9.68. The molecule has 17 heavy (non-hydrogen) atoms. The molecule has 2 nitrogen and oxygen atoms in total. The van der Waals surface area contributed by atoms with Crippen LogP contribution in [0.15, 0.2) is 0 Å². The summed E-state index contributed by atoms with van der Waals surface area (Å²) < 4.78 is 0. The van der Waals surface area contributed by atoms with E-state index in [2.05, 4.69) is 39.6 Å². The predicted molar refractivity (Wildman–Crippen MR) is 74.1 cm³/mol. The molecule has 1 N–H and O–H groups in total. The largest absolute Gasteiger partial charge is 0.393 e. The van der Waals surface area contributed by atoms with Gasteiger partial charge in [-0.25, -0.2) is 0 Å². The van der Waals surface area contributed by atoms with Crippen molar-refractivity contribution in [3.63, 3.8) is 0 Å². The van der Waals surface area contributed by atoms with E-state index in [1.165, 1.54) is 19.3 Å². The van der Waals surface area contributed by atoms with E-state index in [1.807, 2.05) is 0 Å². The van der Waals surface area contributed by atoms with E-state index < -0.39 is 0 Å². The second-order valence-electron chi connectivity index (χ2n) is 6.97. The summed E-state index contributed by atoms with van der Waals surface area (Å²) in [6, 6.07) is 0. The van der Waals surface area contributed by atoms with Gasteiger partial charge in [-0.05, 0) is 56.5 Å². The van der Waals surface area contributed by atoms with Gasteiger partial charge in [0.25, 0.3) is 0 Å². The third kappa shape index (κ3) is 4.59. The topological polar surface area (TPSA) is 23.5 Å². The van der Waals surface area contributed by atoms with Crippen LogP contribution in [0.4, 0.5) is 0 Å². The number of rotatable bonds is 4. The van der Waals surface area contributed by atoms with Gasteiger partial charge in [0.15, 0.2) is 0 Å². The fourth-order valence-electron chi connectivity index (χ4n) is 3.10. The van der Waals surface area contributed by atoms with Crippen LogP contribution in [0.5, 0.6) is 0 Å². The first-order valence-electron chi connectivity index (χ1n) is 7.21. The molecular formula is C15H31NO. The SMILES string of the molecule is CCCN(C)CC1CC(C(C)(C)C)CCC1O. The zero-order valence-electron chi connectivity index (χ0n) is 12.4. The van der Waals surface area contributed by atoms with E-state index in [1.54, 1.807) is 0 Å². The van der Waals surface area contributed by atoms with Crippen LogP contribution in [0, 0.1) is 17.3 Å². The zero-order valence-corrected chi connectivity index (χ0v) is 12.4. The van der Waals surface area contributed by atoms with Crippen LogP contribution in [0.1, 0.15) is 53.4 Å². The fourth-order valence-corrected chi connectivity index (χ4v) is 3.10. The number of aliphatic hydroxyl groups excluding tert-OH is 1. The maximum atomic E-state index is 10.1. The molecule has 1 aliphatic carbocycles. The highest BCUT2D eigenvalue weighted by molar-refractivity contribution is 4.86. The summed E-state index contributed by atoms with van der Waals surface area (Å²) in [5.41, 5.74) is 0.391. The molecule has 0 aliphatic heterocycles. The Morgan fingerprint density at radius 2 is 1.88 bits per heavy atom. The third-order valence-electron chi connectivity index (χ3n) is 4.32. The minimum absolute atomic E-state index is 0.0760. The lowest BCUT2D eigenvalue weighted by Gasteiger charge is -2.41. The molecule has 0 aromatic carbocycles. The molecule has 0 radical (unpaired) electrons. The van der Waals surface area contributed by atoms with Crippen LogP contribution >= 0.6 is 0 Å². The Hall–Kier alpha value is -0.0800. The summed E-state index contributed by atoms with van der Waals surface area (Å²) in [5.74, 6) is 1.25. The van der Waals surface area contributed by atoms with Gasteiger partial charge < -0.3 is 10.0 Å². The maximum absolute atomic E-state index is 10.1. The van der Waals surface area contributed by atoms with Crippen LogP contribution in [0.2, 0.25) is 0 Å². The first-order chi connectivity index (χ1) is 7.84. The van der Waals surface area contributed by atoms with E-state index in [-0.39, 0.29) is 6.10 Å². The second-order valence-corrected chi connectivity index (χ2v) is 6.97. The molecule has 0 aromatic rings. The van der Waals surface area contributed by atoms with Crippen molar-refractivity contribution in [2.75, 3.05) is 20.1 Å². The standard InChI is InChI=1S/C15H31NO/c1-6-9-16(5)11-12-10-13(15(2,3)4)7-8-14(12)17/h12-14,17H,6-11H2,1-5H3. The van der Waals surface area contributed by atoms with Crippen molar-refractivity contribution in [3.8, 4) is 0 Å². The number of hydrogen-bond acceptors (Lipinski definition) is 2. The number of nitrogens with zero attached hydrogens (tertiary/aromatic N) is 1. The average Bonchev–Trinajstić information content (AvgIpc) is 2.20. The molecule has 0 bridgehead atoms. The molecular weight excluding hydrogens is 210 g/mol. The summed E-state index contributed by atoms with van der Waals surface area (Å²) in [6.07, 6.45) is 4.50. The van der Waals surface area contributed by atoms with Gasteiger partial charge in [-0.2, -0.15) is 0 Å². The van der Waals surface area contributed by atoms with Crippen LogP contribution < -0.4 is 0 Å². The molecule has 0 spiro atoms. The Balaban J connectivity index is 2.52. The summed E-state index contributed by atoms with van der Waals surface area (Å²) in [5, 5.41) is 10.1. The van der Waals surface area contributed by atoms with Crippen molar-refractivity contribution in [1.29, 1.82) is 0 Å². The molecule has 3 atom stereocenters. The highest BCUT2D eigenvalue weighted by Crippen LogP contribution is 2.40. The molecule has 0 aromatic heterocycles. The van der Waals surface area contributed by atoms with Gasteiger partial charge in [0, 0.05) is 6.54 Å². The Bertz CT molecular complexity index is 221. The van der Waals surface area contributed by atoms with Gasteiger partial charge in [0.05, 0.1) is 6.10 Å². The van der Waals surface area contributed by atoms with Gasteiger partial charge in [-0.15, -0.1) is 0 Å².